The van der Waals surface area contributed by atoms with Gasteiger partial charge >= 0.3 is 0 Å². The van der Waals surface area contributed by atoms with Crippen molar-refractivity contribution in [3.05, 3.63) is 78.1 Å². The van der Waals surface area contributed by atoms with E-state index in [-0.39, 0.29) is 17.8 Å². The van der Waals surface area contributed by atoms with Crippen molar-refractivity contribution in [1.82, 2.24) is 19.7 Å². The second-order valence-electron chi connectivity index (χ2n) is 6.18. The largest absolute Gasteiger partial charge is 0.331 e. The second-order valence-corrected chi connectivity index (χ2v) is 6.18. The van der Waals surface area contributed by atoms with E-state index in [9.17, 15) is 9.18 Å². The SMILES string of the molecule is O=C(c1ccc(-n2cncn2)cc1)N(Cc1cccc(F)c1)C1CC1. The van der Waals surface area contributed by atoms with Crippen molar-refractivity contribution in [2.75, 3.05) is 0 Å². The van der Waals surface area contributed by atoms with E-state index in [1.54, 1.807) is 29.2 Å². The molecule has 0 aliphatic heterocycles. The molecule has 4 rings (SSSR count). The average Bonchev–Trinajstić information content (AvgIpc) is 3.32. The van der Waals surface area contributed by atoms with E-state index >= 15 is 0 Å². The molecule has 1 aliphatic carbocycles. The number of benzene rings is 2. The highest BCUT2D eigenvalue weighted by Crippen LogP contribution is 2.30. The monoisotopic (exact) mass is 336 g/mol. The Morgan fingerprint density at radius 2 is 2.00 bits per heavy atom. The molecule has 5 nitrogen and oxygen atoms in total. The molecule has 1 heterocycles. The maximum Gasteiger partial charge on any atom is 0.254 e. The Hall–Kier alpha value is -3.02. The smallest absolute Gasteiger partial charge is 0.254 e. The first-order chi connectivity index (χ1) is 12.2. The molecule has 1 aliphatic rings. The molecule has 1 amide bonds. The molecule has 2 aromatic carbocycles. The van der Waals surface area contributed by atoms with Crippen molar-refractivity contribution < 1.29 is 9.18 Å². The summed E-state index contributed by atoms with van der Waals surface area (Å²) in [6.45, 7) is 0.423. The first-order valence-electron chi connectivity index (χ1n) is 8.21. The Labute approximate surface area is 144 Å². The van der Waals surface area contributed by atoms with Crippen LogP contribution in [0.5, 0.6) is 0 Å². The van der Waals surface area contributed by atoms with Crippen LogP contribution in [0, 0.1) is 5.82 Å². The van der Waals surface area contributed by atoms with Crippen molar-refractivity contribution >= 4 is 5.91 Å². The van der Waals surface area contributed by atoms with Gasteiger partial charge in [-0.25, -0.2) is 14.1 Å². The van der Waals surface area contributed by atoms with E-state index in [4.69, 9.17) is 0 Å². The maximum atomic E-state index is 13.4. The summed E-state index contributed by atoms with van der Waals surface area (Å²) in [4.78, 5) is 18.7. The highest BCUT2D eigenvalue weighted by atomic mass is 19.1. The molecule has 3 aromatic rings. The molecule has 0 atom stereocenters. The van der Waals surface area contributed by atoms with Gasteiger partial charge < -0.3 is 4.90 Å². The molecular weight excluding hydrogens is 319 g/mol. The Morgan fingerprint density at radius 1 is 1.20 bits per heavy atom. The molecule has 0 N–H and O–H groups in total. The van der Waals surface area contributed by atoms with Gasteiger partial charge in [0.2, 0.25) is 0 Å². The lowest BCUT2D eigenvalue weighted by atomic mass is 10.1. The number of hydrogen-bond donors (Lipinski definition) is 0. The quantitative estimate of drug-likeness (QED) is 0.719. The van der Waals surface area contributed by atoms with E-state index in [1.165, 1.54) is 18.5 Å². The Morgan fingerprint density at radius 3 is 2.64 bits per heavy atom. The number of rotatable bonds is 5. The van der Waals surface area contributed by atoms with E-state index in [0.29, 0.717) is 12.1 Å². The first-order valence-corrected chi connectivity index (χ1v) is 8.21. The van der Waals surface area contributed by atoms with Crippen molar-refractivity contribution in [3.8, 4) is 5.69 Å². The molecule has 0 radical (unpaired) electrons. The highest BCUT2D eigenvalue weighted by molar-refractivity contribution is 5.94. The van der Waals surface area contributed by atoms with Crippen LogP contribution in [-0.2, 0) is 6.54 Å². The minimum atomic E-state index is -0.280. The molecule has 0 saturated heterocycles. The number of carbonyl (C=O) groups excluding carboxylic acids is 1. The summed E-state index contributed by atoms with van der Waals surface area (Å²) in [5.74, 6) is -0.310. The number of carbonyl (C=O) groups is 1. The van der Waals surface area contributed by atoms with E-state index in [2.05, 4.69) is 10.1 Å². The summed E-state index contributed by atoms with van der Waals surface area (Å²) in [7, 11) is 0. The summed E-state index contributed by atoms with van der Waals surface area (Å²) in [5.41, 5.74) is 2.27. The fourth-order valence-corrected chi connectivity index (χ4v) is 2.85. The molecule has 0 unspecified atom stereocenters. The van der Waals surface area contributed by atoms with Gasteiger partial charge in [-0.05, 0) is 54.8 Å². The molecule has 1 saturated carbocycles. The van der Waals surface area contributed by atoms with E-state index < -0.39 is 0 Å². The molecule has 126 valence electrons. The van der Waals surface area contributed by atoms with Gasteiger partial charge in [0.05, 0.1) is 5.69 Å². The zero-order chi connectivity index (χ0) is 17.2. The van der Waals surface area contributed by atoms with Crippen molar-refractivity contribution in [1.29, 1.82) is 0 Å². The third-order valence-corrected chi connectivity index (χ3v) is 4.29. The predicted molar refractivity (Wildman–Crippen MR) is 90.7 cm³/mol. The summed E-state index contributed by atoms with van der Waals surface area (Å²) < 4.78 is 15.1. The van der Waals surface area contributed by atoms with Gasteiger partial charge in [-0.15, -0.1) is 0 Å². The summed E-state index contributed by atoms with van der Waals surface area (Å²) in [5, 5.41) is 4.07. The fraction of sp³-hybridized carbons (Fsp3) is 0.211. The van der Waals surface area contributed by atoms with Crippen molar-refractivity contribution in [2.24, 2.45) is 0 Å². The van der Waals surface area contributed by atoms with Crippen molar-refractivity contribution in [3.63, 3.8) is 0 Å². The number of hydrogen-bond acceptors (Lipinski definition) is 3. The normalized spacial score (nSPS) is 13.6. The molecule has 0 spiro atoms. The van der Waals surface area contributed by atoms with Crippen LogP contribution >= 0.6 is 0 Å². The number of amides is 1. The summed E-state index contributed by atoms with van der Waals surface area (Å²) in [6.07, 6.45) is 5.07. The van der Waals surface area contributed by atoms with Crippen LogP contribution in [0.15, 0.2) is 61.2 Å². The lowest BCUT2D eigenvalue weighted by molar-refractivity contribution is 0.0729. The molecule has 1 fully saturated rings. The van der Waals surface area contributed by atoms with E-state index in [1.807, 2.05) is 23.1 Å². The zero-order valence-electron chi connectivity index (χ0n) is 13.5. The number of nitrogens with zero attached hydrogens (tertiary/aromatic N) is 4. The summed E-state index contributed by atoms with van der Waals surface area (Å²) >= 11 is 0. The average molecular weight is 336 g/mol. The number of aromatic nitrogens is 3. The molecule has 1 aromatic heterocycles. The minimum Gasteiger partial charge on any atom is -0.331 e. The first kappa shape index (κ1) is 15.5. The van der Waals surface area contributed by atoms with Crippen LogP contribution in [-0.4, -0.2) is 31.6 Å². The van der Waals surface area contributed by atoms with Crippen LogP contribution in [0.25, 0.3) is 5.69 Å². The molecular formula is C19H17FN4O. The van der Waals surface area contributed by atoms with Gasteiger partial charge in [0.15, 0.2) is 0 Å². The van der Waals surface area contributed by atoms with Gasteiger partial charge in [-0.1, -0.05) is 12.1 Å². The molecule has 0 bridgehead atoms. The fourth-order valence-electron chi connectivity index (χ4n) is 2.85. The van der Waals surface area contributed by atoms with E-state index in [0.717, 1.165) is 24.1 Å². The zero-order valence-corrected chi connectivity index (χ0v) is 13.5. The van der Waals surface area contributed by atoms with Gasteiger partial charge in [0, 0.05) is 18.2 Å². The highest BCUT2D eigenvalue weighted by Gasteiger charge is 2.33. The molecule has 6 heteroatoms. The topological polar surface area (TPSA) is 51.0 Å². The van der Waals surface area contributed by atoms with Crippen molar-refractivity contribution in [2.45, 2.75) is 25.4 Å². The van der Waals surface area contributed by atoms with Gasteiger partial charge in [0.25, 0.3) is 5.91 Å². The van der Waals surface area contributed by atoms with Crippen LogP contribution in [0.1, 0.15) is 28.8 Å². The van der Waals surface area contributed by atoms with Crippen LogP contribution in [0.4, 0.5) is 4.39 Å². The van der Waals surface area contributed by atoms with Gasteiger partial charge in [-0.3, -0.25) is 4.79 Å². The minimum absolute atomic E-state index is 0.0306. The van der Waals surface area contributed by atoms with Crippen LogP contribution < -0.4 is 0 Å². The summed E-state index contributed by atoms with van der Waals surface area (Å²) in [6, 6.07) is 13.9. The lowest BCUT2D eigenvalue weighted by Gasteiger charge is -2.23. The van der Waals surface area contributed by atoms with Crippen LogP contribution in [0.3, 0.4) is 0 Å². The second kappa shape index (κ2) is 6.47. The predicted octanol–water partition coefficient (Wildman–Crippen LogP) is 3.21. The lowest BCUT2D eigenvalue weighted by Crippen LogP contribution is -2.32. The Bertz CT molecular complexity index is 873. The Kier molecular flexibility index (Phi) is 4.01. The Balaban J connectivity index is 1.54. The third kappa shape index (κ3) is 3.42. The molecule has 25 heavy (non-hydrogen) atoms. The standard InChI is InChI=1S/C19H17FN4O/c20-16-3-1-2-14(10-16)11-23(17-8-9-17)19(25)15-4-6-18(7-5-15)24-13-21-12-22-24/h1-7,10,12-13,17H,8-9,11H2. The van der Waals surface area contributed by atoms with Crippen LogP contribution in [0.2, 0.25) is 0 Å². The van der Waals surface area contributed by atoms with Gasteiger partial charge in [-0.2, -0.15) is 5.10 Å². The maximum absolute atomic E-state index is 13.4. The third-order valence-electron chi connectivity index (χ3n) is 4.29. The number of halogens is 1. The van der Waals surface area contributed by atoms with Gasteiger partial charge in [0.1, 0.15) is 18.5 Å².